The van der Waals surface area contributed by atoms with Gasteiger partial charge in [0.05, 0.1) is 0 Å². The average molecular weight is 481 g/mol. The van der Waals surface area contributed by atoms with Gasteiger partial charge in [-0.1, -0.05) is 42.5 Å². The summed E-state index contributed by atoms with van der Waals surface area (Å²) in [6.07, 6.45) is 3.13. The Morgan fingerprint density at radius 2 is 1.06 bits per heavy atom. The van der Waals surface area contributed by atoms with Crippen LogP contribution in [-0.4, -0.2) is 51.7 Å². The van der Waals surface area contributed by atoms with Crippen molar-refractivity contribution < 1.29 is 28.7 Å². The molecule has 0 aliphatic rings. The van der Waals surface area contributed by atoms with Crippen LogP contribution in [0, 0.1) is 0 Å². The lowest BCUT2D eigenvalue weighted by Gasteiger charge is -2.06. The lowest BCUT2D eigenvalue weighted by Crippen LogP contribution is -2.18. The number of Topliss-reactive ketones (excluding diaryl/α,β-unsaturated/α-hetero) is 2. The number of nitrogens with zero attached hydrogens (tertiary/aromatic N) is 1. The van der Waals surface area contributed by atoms with E-state index < -0.39 is 25.2 Å². The molecule has 0 saturated carbocycles. The molecule has 0 aliphatic heterocycles. The SMILES string of the molecule is O=C(OCC(=O)c1c[nH]c2ccccc12)c1cccc(C(=O)OCC(=O)c2c[nH]c3ccccc23)n1. The third-order valence-electron chi connectivity index (χ3n) is 5.62. The normalized spacial score (nSPS) is 10.9. The van der Waals surface area contributed by atoms with Crippen LogP contribution >= 0.6 is 0 Å². The molecule has 0 aliphatic carbocycles. The van der Waals surface area contributed by atoms with Gasteiger partial charge < -0.3 is 19.4 Å². The predicted octanol–water partition coefficient (Wildman–Crippen LogP) is 4.12. The number of rotatable bonds is 8. The van der Waals surface area contributed by atoms with E-state index in [1.807, 2.05) is 36.4 Å². The highest BCUT2D eigenvalue weighted by Gasteiger charge is 2.19. The zero-order valence-corrected chi connectivity index (χ0v) is 18.8. The number of fused-ring (bicyclic) bond motifs is 2. The van der Waals surface area contributed by atoms with Gasteiger partial charge in [-0.2, -0.15) is 0 Å². The number of hydrogen-bond donors (Lipinski definition) is 2. The first kappa shape index (κ1) is 22.7. The maximum Gasteiger partial charge on any atom is 0.357 e. The predicted molar refractivity (Wildman–Crippen MR) is 130 cm³/mol. The largest absolute Gasteiger partial charge is 0.453 e. The quantitative estimate of drug-likeness (QED) is 0.252. The third kappa shape index (κ3) is 4.49. The number of para-hydroxylation sites is 2. The fraction of sp³-hybridized carbons (Fsp3) is 0.0741. The van der Waals surface area contributed by atoms with Gasteiger partial charge in [0, 0.05) is 45.3 Å². The van der Waals surface area contributed by atoms with Gasteiger partial charge in [-0.25, -0.2) is 14.6 Å². The third-order valence-corrected chi connectivity index (χ3v) is 5.62. The summed E-state index contributed by atoms with van der Waals surface area (Å²) >= 11 is 0. The van der Waals surface area contributed by atoms with E-state index >= 15 is 0 Å². The van der Waals surface area contributed by atoms with Gasteiger partial charge in [-0.15, -0.1) is 0 Å². The molecule has 0 amide bonds. The van der Waals surface area contributed by atoms with Crippen molar-refractivity contribution in [3.05, 3.63) is 102 Å². The summed E-state index contributed by atoms with van der Waals surface area (Å²) in [5.74, 6) is -2.50. The Morgan fingerprint density at radius 1 is 0.611 bits per heavy atom. The number of carbonyl (C=O) groups is 4. The molecule has 9 nitrogen and oxygen atoms in total. The average Bonchev–Trinajstić information content (AvgIpc) is 3.55. The highest BCUT2D eigenvalue weighted by Crippen LogP contribution is 2.19. The molecule has 178 valence electrons. The van der Waals surface area contributed by atoms with E-state index in [1.54, 1.807) is 24.5 Å². The number of pyridine rings is 1. The maximum atomic E-state index is 12.5. The Hall–Kier alpha value is -5.05. The molecule has 3 aromatic heterocycles. The number of carbonyl (C=O) groups excluding carboxylic acids is 4. The number of aromatic amines is 2. The summed E-state index contributed by atoms with van der Waals surface area (Å²) < 4.78 is 10.2. The molecule has 3 heterocycles. The number of esters is 2. The van der Waals surface area contributed by atoms with Crippen molar-refractivity contribution in [2.45, 2.75) is 0 Å². The minimum absolute atomic E-state index is 0.167. The van der Waals surface area contributed by atoms with E-state index in [0.717, 1.165) is 21.8 Å². The van der Waals surface area contributed by atoms with E-state index in [-0.39, 0.29) is 23.0 Å². The molecule has 36 heavy (non-hydrogen) atoms. The molecular formula is C27H19N3O6. The van der Waals surface area contributed by atoms with Crippen molar-refractivity contribution in [2.24, 2.45) is 0 Å². The number of nitrogens with one attached hydrogen (secondary N) is 2. The second-order valence-corrected chi connectivity index (χ2v) is 7.90. The molecule has 0 atom stereocenters. The van der Waals surface area contributed by atoms with Crippen LogP contribution in [0.1, 0.15) is 41.7 Å². The van der Waals surface area contributed by atoms with Crippen LogP contribution in [0.15, 0.2) is 79.1 Å². The van der Waals surface area contributed by atoms with Gasteiger partial charge in [-0.05, 0) is 24.3 Å². The molecule has 2 N–H and O–H groups in total. The minimum atomic E-state index is -0.868. The summed E-state index contributed by atoms with van der Waals surface area (Å²) in [6.45, 7) is -0.980. The van der Waals surface area contributed by atoms with Gasteiger partial charge in [-0.3, -0.25) is 9.59 Å². The Morgan fingerprint density at radius 3 is 1.53 bits per heavy atom. The summed E-state index contributed by atoms with van der Waals surface area (Å²) in [5.41, 5.74) is 2.07. The lowest BCUT2D eigenvalue weighted by atomic mass is 10.1. The van der Waals surface area contributed by atoms with Crippen LogP contribution in [0.5, 0.6) is 0 Å². The molecule has 9 heteroatoms. The molecule has 0 bridgehead atoms. The minimum Gasteiger partial charge on any atom is -0.453 e. The number of H-pyrrole nitrogens is 2. The number of ketones is 2. The first-order chi connectivity index (χ1) is 17.5. The fourth-order valence-corrected chi connectivity index (χ4v) is 3.83. The second kappa shape index (κ2) is 9.67. The maximum absolute atomic E-state index is 12.5. The highest BCUT2D eigenvalue weighted by atomic mass is 16.5. The molecule has 5 rings (SSSR count). The van der Waals surface area contributed by atoms with Gasteiger partial charge in [0.1, 0.15) is 11.4 Å². The van der Waals surface area contributed by atoms with Gasteiger partial charge in [0.15, 0.2) is 13.2 Å². The fourth-order valence-electron chi connectivity index (χ4n) is 3.83. The van der Waals surface area contributed by atoms with Crippen LogP contribution in [0.2, 0.25) is 0 Å². The first-order valence-corrected chi connectivity index (χ1v) is 11.0. The van der Waals surface area contributed by atoms with Gasteiger partial charge in [0.25, 0.3) is 0 Å². The first-order valence-electron chi connectivity index (χ1n) is 11.0. The number of benzene rings is 2. The Bertz CT molecular complexity index is 1510. The molecular weight excluding hydrogens is 462 g/mol. The summed E-state index contributed by atoms with van der Waals surface area (Å²) in [7, 11) is 0. The van der Waals surface area contributed by atoms with Crippen molar-refractivity contribution in [3.8, 4) is 0 Å². The summed E-state index contributed by atoms with van der Waals surface area (Å²) in [5, 5.41) is 1.45. The van der Waals surface area contributed by atoms with E-state index in [4.69, 9.17) is 9.47 Å². The van der Waals surface area contributed by atoms with Crippen LogP contribution in [0.3, 0.4) is 0 Å². The van der Waals surface area contributed by atoms with E-state index in [0.29, 0.717) is 11.1 Å². The van der Waals surface area contributed by atoms with E-state index in [1.165, 1.54) is 18.2 Å². The number of ether oxygens (including phenoxy) is 2. The van der Waals surface area contributed by atoms with Gasteiger partial charge >= 0.3 is 11.9 Å². The van der Waals surface area contributed by atoms with Crippen molar-refractivity contribution in [2.75, 3.05) is 13.2 Å². The van der Waals surface area contributed by atoms with Crippen molar-refractivity contribution in [1.82, 2.24) is 15.0 Å². The topological polar surface area (TPSA) is 131 Å². The standard InChI is InChI=1S/C27H19N3O6/c31-24(18-12-28-20-8-3-1-6-16(18)20)14-35-26(33)22-10-5-11-23(30-22)27(34)36-15-25(32)19-13-29-21-9-4-2-7-17(19)21/h1-13,28-29H,14-15H2. The van der Waals surface area contributed by atoms with Crippen LogP contribution in [0.4, 0.5) is 0 Å². The van der Waals surface area contributed by atoms with Crippen LogP contribution < -0.4 is 0 Å². The molecule has 0 unspecified atom stereocenters. The molecule has 0 spiro atoms. The van der Waals surface area contributed by atoms with Crippen molar-refractivity contribution in [1.29, 1.82) is 0 Å². The Labute approximate surface area is 204 Å². The summed E-state index contributed by atoms with van der Waals surface area (Å²) in [6, 6.07) is 18.7. The molecule has 0 fully saturated rings. The molecule has 0 saturated heterocycles. The smallest absolute Gasteiger partial charge is 0.357 e. The van der Waals surface area contributed by atoms with Crippen molar-refractivity contribution in [3.63, 3.8) is 0 Å². The van der Waals surface area contributed by atoms with Crippen molar-refractivity contribution >= 4 is 45.3 Å². The van der Waals surface area contributed by atoms with Crippen LogP contribution in [-0.2, 0) is 9.47 Å². The van der Waals surface area contributed by atoms with E-state index in [2.05, 4.69) is 15.0 Å². The molecule has 0 radical (unpaired) electrons. The molecule has 2 aromatic carbocycles. The number of hydrogen-bond acceptors (Lipinski definition) is 7. The Balaban J connectivity index is 1.20. The second-order valence-electron chi connectivity index (χ2n) is 7.90. The number of aromatic nitrogens is 3. The molecule has 5 aromatic rings. The Kier molecular flexibility index (Phi) is 6.10. The zero-order chi connectivity index (χ0) is 25.1. The van der Waals surface area contributed by atoms with Gasteiger partial charge in [0.2, 0.25) is 11.6 Å². The summed E-state index contributed by atoms with van der Waals surface area (Å²) in [4.78, 5) is 59.9. The zero-order valence-electron chi connectivity index (χ0n) is 18.8. The lowest BCUT2D eigenvalue weighted by molar-refractivity contribution is 0.0457. The van der Waals surface area contributed by atoms with Crippen LogP contribution in [0.25, 0.3) is 21.8 Å². The highest BCUT2D eigenvalue weighted by molar-refractivity contribution is 6.10. The van der Waals surface area contributed by atoms with E-state index in [9.17, 15) is 19.2 Å². The monoisotopic (exact) mass is 481 g/mol.